The van der Waals surface area contributed by atoms with Crippen LogP contribution in [0.4, 0.5) is 0 Å². The Kier molecular flexibility index (Phi) is 62.1. The molecule has 0 saturated carbocycles. The van der Waals surface area contributed by atoms with E-state index in [0.717, 1.165) is 96.3 Å². The first-order valence-corrected chi connectivity index (χ1v) is 37.4. The molecule has 85 heavy (non-hydrogen) atoms. The predicted molar refractivity (Wildman–Crippen MR) is 369 cm³/mol. The van der Waals surface area contributed by atoms with Crippen LogP contribution in [-0.4, -0.2) is 74.3 Å². The summed E-state index contributed by atoms with van der Waals surface area (Å²) in [6, 6.07) is -0.855. The van der Waals surface area contributed by atoms with Gasteiger partial charge in [0.15, 0.2) is 0 Å². The van der Waals surface area contributed by atoms with Crippen molar-refractivity contribution in [1.82, 2.24) is 5.32 Å². The van der Waals surface area contributed by atoms with Gasteiger partial charge in [0.25, 0.3) is 0 Å². The van der Waals surface area contributed by atoms with Crippen molar-refractivity contribution in [2.45, 2.75) is 341 Å². The van der Waals surface area contributed by atoms with E-state index in [1.807, 2.05) is 33.3 Å². The van der Waals surface area contributed by atoms with Gasteiger partial charge in [0.05, 0.1) is 33.8 Å². The van der Waals surface area contributed by atoms with Crippen molar-refractivity contribution in [2.24, 2.45) is 0 Å². The zero-order chi connectivity index (χ0) is 62.1. The fraction of sp³-hybridized carbons (Fsp3) is 0.787. The molecule has 9 nitrogen and oxygen atoms in total. The van der Waals surface area contributed by atoms with Gasteiger partial charge in [-0.05, 0) is 109 Å². The minimum Gasteiger partial charge on any atom is -0.456 e. The number of likely N-dealkylation sites (N-methyl/N-ethyl adjacent to an activating group) is 1. The fourth-order valence-corrected chi connectivity index (χ4v) is 11.0. The zero-order valence-electron chi connectivity index (χ0n) is 56.6. The summed E-state index contributed by atoms with van der Waals surface area (Å²) >= 11 is 0. The smallest absolute Gasteiger partial charge is 0.456 e. The molecule has 0 saturated heterocycles. The number of rotatable bonds is 65. The lowest BCUT2D eigenvalue weighted by Gasteiger charge is -2.27. The fourth-order valence-electron chi connectivity index (χ4n) is 10.2. The third kappa shape index (κ3) is 65.5. The van der Waals surface area contributed by atoms with Gasteiger partial charge < -0.3 is 19.4 Å². The summed E-state index contributed by atoms with van der Waals surface area (Å²) in [7, 11) is 1.49. The highest BCUT2D eigenvalue weighted by molar-refractivity contribution is 7.47. The first kappa shape index (κ1) is 82.2. The van der Waals surface area contributed by atoms with Crippen LogP contribution in [0.3, 0.4) is 0 Å². The molecule has 0 aromatic heterocycles. The second kappa shape index (κ2) is 64.2. The van der Waals surface area contributed by atoms with Crippen molar-refractivity contribution < 1.29 is 37.3 Å². The zero-order valence-corrected chi connectivity index (χ0v) is 57.5. The maximum absolute atomic E-state index is 13.6. The topological polar surface area (TPSA) is 111 Å². The van der Waals surface area contributed by atoms with Crippen LogP contribution >= 0.6 is 7.82 Å². The summed E-state index contributed by atoms with van der Waals surface area (Å²) in [5.41, 5.74) is 0. The van der Waals surface area contributed by atoms with Gasteiger partial charge in [-0.3, -0.25) is 18.6 Å². The van der Waals surface area contributed by atoms with Crippen molar-refractivity contribution in [3.63, 3.8) is 0 Å². The monoisotopic (exact) mass is 1210 g/mol. The molecule has 0 aliphatic rings. The number of hydrogen-bond donors (Lipinski definition) is 2. The summed E-state index contributed by atoms with van der Waals surface area (Å²) in [6.07, 6.45) is 85.9. The number of nitrogens with one attached hydrogen (secondary N) is 1. The van der Waals surface area contributed by atoms with Gasteiger partial charge in [-0.25, -0.2) is 4.57 Å². The molecule has 0 heterocycles. The molecule has 0 aliphatic heterocycles. The molecule has 0 aliphatic carbocycles. The normalized spacial score (nSPS) is 14.0. The minimum atomic E-state index is -4.46. The Morgan fingerprint density at radius 3 is 1.09 bits per heavy atom. The Bertz CT molecular complexity index is 1730. The second-order valence-corrected chi connectivity index (χ2v) is 26.9. The lowest BCUT2D eigenvalue weighted by Crippen LogP contribution is -2.47. The Balaban J connectivity index is 5.03. The van der Waals surface area contributed by atoms with E-state index < -0.39 is 20.0 Å². The molecule has 3 unspecified atom stereocenters. The highest BCUT2D eigenvalue weighted by atomic mass is 31.2. The Labute approximate surface area is 526 Å². The summed E-state index contributed by atoms with van der Waals surface area (Å²) in [6.45, 7) is 6.98. The number of phosphoric acid groups is 1. The number of carbonyl (C=O) groups is 2. The average Bonchev–Trinajstić information content (AvgIpc) is 3.58. The number of amides is 1. The van der Waals surface area contributed by atoms with Crippen LogP contribution in [0.2, 0.25) is 0 Å². The lowest BCUT2D eigenvalue weighted by molar-refractivity contribution is -0.870. The molecule has 2 N–H and O–H groups in total. The van der Waals surface area contributed by atoms with Crippen LogP contribution in [0.25, 0.3) is 0 Å². The van der Waals surface area contributed by atoms with E-state index in [0.29, 0.717) is 17.4 Å². The van der Waals surface area contributed by atoms with E-state index in [2.05, 4.69) is 99.0 Å². The Morgan fingerprint density at radius 2 is 0.718 bits per heavy atom. The largest absolute Gasteiger partial charge is 0.472 e. The molecule has 0 bridgehead atoms. The lowest BCUT2D eigenvalue weighted by atomic mass is 10.0. The number of carbonyl (C=O) groups excluding carboxylic acids is 2. The van der Waals surface area contributed by atoms with Gasteiger partial charge in [0, 0.05) is 12.8 Å². The molecule has 0 fully saturated rings. The Hall–Kier alpha value is -2.81. The van der Waals surface area contributed by atoms with Crippen molar-refractivity contribution in [3.8, 4) is 0 Å². The van der Waals surface area contributed by atoms with Crippen LogP contribution in [-0.2, 0) is 27.9 Å². The number of ether oxygens (including phenoxy) is 1. The van der Waals surface area contributed by atoms with Crippen LogP contribution in [0.5, 0.6) is 0 Å². The van der Waals surface area contributed by atoms with Crippen LogP contribution in [0, 0.1) is 0 Å². The first-order valence-electron chi connectivity index (χ1n) is 35.9. The maximum atomic E-state index is 13.6. The molecule has 0 aromatic carbocycles. The van der Waals surface area contributed by atoms with E-state index in [4.69, 9.17) is 13.8 Å². The van der Waals surface area contributed by atoms with Gasteiger partial charge in [0.2, 0.25) is 5.91 Å². The third-order valence-corrected chi connectivity index (χ3v) is 16.8. The highest BCUT2D eigenvalue weighted by Crippen LogP contribution is 2.43. The number of unbranched alkanes of at least 4 members (excludes halogenated alkanes) is 37. The van der Waals surface area contributed by atoms with Gasteiger partial charge in [-0.1, -0.05) is 292 Å². The third-order valence-electron chi connectivity index (χ3n) is 15.8. The highest BCUT2D eigenvalue weighted by Gasteiger charge is 2.30. The van der Waals surface area contributed by atoms with E-state index in [-0.39, 0.29) is 31.5 Å². The number of quaternary nitrogens is 1. The van der Waals surface area contributed by atoms with E-state index in [9.17, 15) is 19.0 Å². The van der Waals surface area contributed by atoms with Crippen molar-refractivity contribution in [1.29, 1.82) is 0 Å². The van der Waals surface area contributed by atoms with Crippen LogP contribution in [0.1, 0.15) is 329 Å². The summed E-state index contributed by atoms with van der Waals surface area (Å²) in [5.74, 6) is -0.506. The van der Waals surface area contributed by atoms with Crippen LogP contribution in [0.15, 0.2) is 85.1 Å². The Morgan fingerprint density at radius 1 is 0.412 bits per heavy atom. The predicted octanol–water partition coefficient (Wildman–Crippen LogP) is 22.9. The molecule has 0 spiro atoms. The maximum Gasteiger partial charge on any atom is 0.472 e. The number of allylic oxidation sites excluding steroid dienone is 13. The van der Waals surface area contributed by atoms with Gasteiger partial charge in [-0.2, -0.15) is 0 Å². The van der Waals surface area contributed by atoms with E-state index in [1.165, 1.54) is 199 Å². The van der Waals surface area contributed by atoms with Gasteiger partial charge >= 0.3 is 13.8 Å². The van der Waals surface area contributed by atoms with Crippen molar-refractivity contribution >= 4 is 19.7 Å². The van der Waals surface area contributed by atoms with E-state index >= 15 is 0 Å². The molecular weight excluding hydrogens is 1070 g/mol. The molecule has 0 radical (unpaired) electrons. The van der Waals surface area contributed by atoms with Gasteiger partial charge in [-0.15, -0.1) is 0 Å². The summed E-state index contributed by atoms with van der Waals surface area (Å²) < 4.78 is 30.8. The van der Waals surface area contributed by atoms with Crippen molar-refractivity contribution in [2.75, 3.05) is 40.9 Å². The minimum absolute atomic E-state index is 0.0369. The molecule has 10 heteroatoms. The second-order valence-electron chi connectivity index (χ2n) is 25.4. The van der Waals surface area contributed by atoms with E-state index in [1.54, 1.807) is 0 Å². The molecule has 0 rings (SSSR count). The number of esters is 1. The standard InChI is InChI=1S/C75H137N2O7P/c1-7-10-13-16-19-22-25-27-29-31-33-35-37-38-40-42-44-46-48-50-53-56-59-62-65-68-75(79)84-73(66-63-60-57-54-51-24-21-18-15-12-9-3)72(71-83-85(80,81)82-70-69-77(4,5)6)76-74(78)67-64-61-58-55-52-49-47-45-43-41-39-36-34-32-30-28-26-23-20-17-14-11-8-2/h19-20,22-23,27-30,33,35,38,40,63,66,72-73H,7-18,21,24-26,31-32,34,36-37,39,41-62,64-65,67-71H2,1-6H3,(H-,76,78,80,81)/p+1/b22-19-,23-20-,29-27-,30-28-,35-33-,40-38-,66-63+. The average molecular weight is 1210 g/mol. The first-order chi connectivity index (χ1) is 41.4. The molecule has 3 atom stereocenters. The van der Waals surface area contributed by atoms with Gasteiger partial charge in [0.1, 0.15) is 19.3 Å². The molecule has 494 valence electrons. The quantitative estimate of drug-likeness (QED) is 0.0205. The number of phosphoric ester groups is 1. The molecule has 1 amide bonds. The SMILES string of the molecule is CCCCC/C=C\C/C=C\C/C=C\C/C=C\CCCCCCCCCCCC(=O)OC(/C=C/CCCCCCCCCCC)C(COP(=O)(O)OCC[N+](C)(C)C)NC(=O)CCCCCCCCCCCCCCC/C=C\C/C=C\CCCCC. The summed E-state index contributed by atoms with van der Waals surface area (Å²) in [5, 5.41) is 3.07. The number of hydrogen-bond acceptors (Lipinski definition) is 6. The molecule has 0 aromatic rings. The summed E-state index contributed by atoms with van der Waals surface area (Å²) in [4.78, 5) is 37.9. The number of nitrogens with zero attached hydrogens (tertiary/aromatic N) is 1. The van der Waals surface area contributed by atoms with Crippen molar-refractivity contribution in [3.05, 3.63) is 85.1 Å². The molecular formula is C75H138N2O7P+. The van der Waals surface area contributed by atoms with Crippen LogP contribution < -0.4 is 5.32 Å².